The van der Waals surface area contributed by atoms with Crippen molar-refractivity contribution in [3.05, 3.63) is 0 Å². The number of rotatable bonds is 6. The number of carboxylic acids is 1. The van der Waals surface area contributed by atoms with Crippen molar-refractivity contribution < 1.29 is 24.2 Å². The van der Waals surface area contributed by atoms with Crippen LogP contribution in [0.25, 0.3) is 0 Å². The minimum Gasteiger partial charge on any atom is -0.479 e. The molecule has 7 heteroatoms. The van der Waals surface area contributed by atoms with Gasteiger partial charge in [-0.2, -0.15) is 0 Å². The third-order valence-corrected chi connectivity index (χ3v) is 2.42. The highest BCUT2D eigenvalue weighted by molar-refractivity contribution is 5.78. The van der Waals surface area contributed by atoms with E-state index in [1.165, 1.54) is 0 Å². The molecule has 0 saturated carbocycles. The second-order valence-electron chi connectivity index (χ2n) is 3.78. The highest BCUT2D eigenvalue weighted by Crippen LogP contribution is 2.04. The number of aliphatic carboxylic acids is 1. The molecular formula is C10H18N2O5. The normalized spacial score (nSPS) is 21.1. The van der Waals surface area contributed by atoms with Crippen LogP contribution in [0, 0.1) is 0 Å². The quantitative estimate of drug-likeness (QED) is 0.557. The van der Waals surface area contributed by atoms with Crippen LogP contribution in [0.3, 0.4) is 0 Å². The Morgan fingerprint density at radius 2 is 2.35 bits per heavy atom. The van der Waals surface area contributed by atoms with Gasteiger partial charge in [-0.1, -0.05) is 0 Å². The molecule has 0 radical (unpaired) electrons. The molecular weight excluding hydrogens is 228 g/mol. The highest BCUT2D eigenvalue weighted by Gasteiger charge is 2.26. The minimum absolute atomic E-state index is 0.131. The molecule has 1 atom stereocenters. The van der Waals surface area contributed by atoms with Gasteiger partial charge in [0.15, 0.2) is 6.10 Å². The van der Waals surface area contributed by atoms with Gasteiger partial charge in [-0.3, -0.25) is 9.69 Å². The van der Waals surface area contributed by atoms with E-state index in [2.05, 4.69) is 5.32 Å². The van der Waals surface area contributed by atoms with Gasteiger partial charge in [0.05, 0.1) is 19.8 Å². The summed E-state index contributed by atoms with van der Waals surface area (Å²) in [6, 6.07) is 0. The third kappa shape index (κ3) is 5.12. The van der Waals surface area contributed by atoms with Crippen molar-refractivity contribution in [3.8, 4) is 0 Å². The van der Waals surface area contributed by atoms with Gasteiger partial charge in [-0.15, -0.1) is 0 Å². The van der Waals surface area contributed by atoms with E-state index in [9.17, 15) is 9.59 Å². The molecule has 1 aliphatic rings. The Kier molecular flexibility index (Phi) is 5.88. The zero-order valence-corrected chi connectivity index (χ0v) is 9.85. The van der Waals surface area contributed by atoms with Crippen LogP contribution in [0.5, 0.6) is 0 Å². The van der Waals surface area contributed by atoms with Gasteiger partial charge in [0.2, 0.25) is 5.91 Å². The van der Waals surface area contributed by atoms with E-state index in [0.29, 0.717) is 26.3 Å². The standard InChI is InChI=1S/C10H18N2O5/c1-16-4-2-11-9(13)7-12-3-5-17-8(6-12)10(14)15/h8H,2-7H2,1H3,(H,11,13)(H,14,15). The predicted octanol–water partition coefficient (Wildman–Crippen LogP) is -1.47. The SMILES string of the molecule is COCCNC(=O)CN1CCOC(C(=O)O)C1. The van der Waals surface area contributed by atoms with E-state index in [1.54, 1.807) is 12.0 Å². The number of hydrogen-bond donors (Lipinski definition) is 2. The number of carboxylic acid groups (broad SMARTS) is 1. The molecule has 1 amide bonds. The Balaban J connectivity index is 2.26. The number of carbonyl (C=O) groups excluding carboxylic acids is 1. The zero-order valence-electron chi connectivity index (χ0n) is 9.85. The topological polar surface area (TPSA) is 88.1 Å². The van der Waals surface area contributed by atoms with E-state index >= 15 is 0 Å². The fourth-order valence-electron chi connectivity index (χ4n) is 1.55. The number of nitrogens with zero attached hydrogens (tertiary/aromatic N) is 1. The number of hydrogen-bond acceptors (Lipinski definition) is 5. The largest absolute Gasteiger partial charge is 0.479 e. The predicted molar refractivity (Wildman–Crippen MR) is 58.7 cm³/mol. The molecule has 0 aromatic heterocycles. The van der Waals surface area contributed by atoms with Gasteiger partial charge >= 0.3 is 5.97 Å². The molecule has 2 N–H and O–H groups in total. The van der Waals surface area contributed by atoms with Crippen molar-refractivity contribution in [3.63, 3.8) is 0 Å². The molecule has 0 spiro atoms. The molecule has 1 heterocycles. The van der Waals surface area contributed by atoms with Gasteiger partial charge in [-0.05, 0) is 0 Å². The van der Waals surface area contributed by atoms with E-state index in [1.807, 2.05) is 0 Å². The molecule has 1 fully saturated rings. The van der Waals surface area contributed by atoms with Gasteiger partial charge in [0.25, 0.3) is 0 Å². The maximum absolute atomic E-state index is 11.5. The van der Waals surface area contributed by atoms with E-state index in [4.69, 9.17) is 14.6 Å². The summed E-state index contributed by atoms with van der Waals surface area (Å²) >= 11 is 0. The number of methoxy groups -OCH3 is 1. The fourth-order valence-corrected chi connectivity index (χ4v) is 1.55. The van der Waals surface area contributed by atoms with Crippen molar-refractivity contribution in [2.75, 3.05) is 46.5 Å². The van der Waals surface area contributed by atoms with Crippen LogP contribution >= 0.6 is 0 Å². The van der Waals surface area contributed by atoms with Crippen LogP contribution in [0.4, 0.5) is 0 Å². The second-order valence-corrected chi connectivity index (χ2v) is 3.78. The molecule has 1 unspecified atom stereocenters. The lowest BCUT2D eigenvalue weighted by Gasteiger charge is -2.30. The maximum Gasteiger partial charge on any atom is 0.334 e. The molecule has 0 aromatic rings. The van der Waals surface area contributed by atoms with Gasteiger partial charge in [0.1, 0.15) is 0 Å². The van der Waals surface area contributed by atoms with Crippen LogP contribution < -0.4 is 5.32 Å². The highest BCUT2D eigenvalue weighted by atomic mass is 16.5. The molecule has 0 aromatic carbocycles. The van der Waals surface area contributed by atoms with Crippen molar-refractivity contribution in [2.24, 2.45) is 0 Å². The van der Waals surface area contributed by atoms with Crippen molar-refractivity contribution in [1.29, 1.82) is 0 Å². The van der Waals surface area contributed by atoms with Crippen LogP contribution in [-0.2, 0) is 19.1 Å². The lowest BCUT2D eigenvalue weighted by atomic mass is 10.2. The summed E-state index contributed by atoms with van der Waals surface area (Å²) < 4.78 is 9.86. The number of amides is 1. The van der Waals surface area contributed by atoms with E-state index < -0.39 is 12.1 Å². The van der Waals surface area contributed by atoms with Gasteiger partial charge in [0, 0.05) is 26.7 Å². The smallest absolute Gasteiger partial charge is 0.334 e. The molecule has 0 aliphatic carbocycles. The third-order valence-electron chi connectivity index (χ3n) is 2.42. The summed E-state index contributed by atoms with van der Waals surface area (Å²) in [6.07, 6.45) is -0.837. The lowest BCUT2D eigenvalue weighted by molar-refractivity contribution is -0.156. The first-order valence-corrected chi connectivity index (χ1v) is 5.46. The Morgan fingerprint density at radius 1 is 1.59 bits per heavy atom. The Hall–Kier alpha value is -1.18. The van der Waals surface area contributed by atoms with Crippen molar-refractivity contribution >= 4 is 11.9 Å². The van der Waals surface area contributed by atoms with E-state index in [-0.39, 0.29) is 19.0 Å². The molecule has 1 saturated heterocycles. The minimum atomic E-state index is -0.991. The summed E-state index contributed by atoms with van der Waals surface area (Å²) in [5.41, 5.74) is 0. The van der Waals surface area contributed by atoms with Gasteiger partial charge < -0.3 is 19.9 Å². The maximum atomic E-state index is 11.5. The summed E-state index contributed by atoms with van der Waals surface area (Å²) in [4.78, 5) is 24.0. The van der Waals surface area contributed by atoms with Gasteiger partial charge in [-0.25, -0.2) is 4.79 Å². The zero-order chi connectivity index (χ0) is 12.7. The summed E-state index contributed by atoms with van der Waals surface area (Å²) in [6.45, 7) is 2.27. The van der Waals surface area contributed by atoms with Crippen LogP contribution in [-0.4, -0.2) is 74.5 Å². The Labute approximate surface area is 99.7 Å². The van der Waals surface area contributed by atoms with Crippen LogP contribution in [0.1, 0.15) is 0 Å². The second kappa shape index (κ2) is 7.21. The number of ether oxygens (including phenoxy) is 2. The Bertz CT molecular complexity index is 271. The van der Waals surface area contributed by atoms with Crippen molar-refractivity contribution in [2.45, 2.75) is 6.10 Å². The molecule has 98 valence electrons. The van der Waals surface area contributed by atoms with E-state index in [0.717, 1.165) is 0 Å². The molecule has 1 rings (SSSR count). The molecule has 17 heavy (non-hydrogen) atoms. The first kappa shape index (κ1) is 13.9. The van der Waals surface area contributed by atoms with Crippen LogP contribution in [0.15, 0.2) is 0 Å². The summed E-state index contributed by atoms with van der Waals surface area (Å²) in [5, 5.41) is 11.5. The van der Waals surface area contributed by atoms with Crippen LogP contribution in [0.2, 0.25) is 0 Å². The Morgan fingerprint density at radius 3 is 3.00 bits per heavy atom. The number of nitrogens with one attached hydrogen (secondary N) is 1. The molecule has 1 aliphatic heterocycles. The molecule has 0 bridgehead atoms. The first-order chi connectivity index (χ1) is 8.13. The average molecular weight is 246 g/mol. The van der Waals surface area contributed by atoms with Crippen molar-refractivity contribution in [1.82, 2.24) is 10.2 Å². The summed E-state index contributed by atoms with van der Waals surface area (Å²) in [7, 11) is 1.56. The first-order valence-electron chi connectivity index (χ1n) is 5.46. The average Bonchev–Trinajstić information content (AvgIpc) is 2.29. The summed E-state index contributed by atoms with van der Waals surface area (Å²) in [5.74, 6) is -1.12. The fraction of sp³-hybridized carbons (Fsp3) is 0.800. The molecule has 7 nitrogen and oxygen atoms in total. The lowest BCUT2D eigenvalue weighted by Crippen LogP contribution is -2.49. The number of carbonyl (C=O) groups is 2. The monoisotopic (exact) mass is 246 g/mol. The number of morpholine rings is 1.